The number of benzene rings is 1. The minimum absolute atomic E-state index is 0.0308. The number of ether oxygens (including phenoxy) is 2. The zero-order valence-corrected chi connectivity index (χ0v) is 13.9. The lowest BCUT2D eigenvalue weighted by Crippen LogP contribution is -2.26. The highest BCUT2D eigenvalue weighted by Crippen LogP contribution is 2.43. The van der Waals surface area contributed by atoms with Gasteiger partial charge >= 0.3 is 0 Å². The van der Waals surface area contributed by atoms with Crippen molar-refractivity contribution in [2.45, 2.75) is 23.3 Å². The summed E-state index contributed by atoms with van der Waals surface area (Å²) < 4.78 is 38.0. The van der Waals surface area contributed by atoms with E-state index < -0.39 is 10.0 Å². The third kappa shape index (κ3) is 2.97. The maximum atomic E-state index is 12.5. The van der Waals surface area contributed by atoms with Gasteiger partial charge in [0.15, 0.2) is 11.5 Å². The van der Waals surface area contributed by atoms with Gasteiger partial charge in [-0.15, -0.1) is 11.3 Å². The summed E-state index contributed by atoms with van der Waals surface area (Å²) in [4.78, 5) is 1.40. The molecule has 0 bridgehead atoms. The fourth-order valence-electron chi connectivity index (χ4n) is 2.39. The zero-order chi connectivity index (χ0) is 15.7. The summed E-state index contributed by atoms with van der Waals surface area (Å²) in [5.41, 5.74) is 0. The van der Waals surface area contributed by atoms with Crippen molar-refractivity contribution in [2.24, 2.45) is 0 Å². The van der Waals surface area contributed by atoms with E-state index in [0.717, 1.165) is 6.42 Å². The van der Waals surface area contributed by atoms with Crippen molar-refractivity contribution >= 4 is 21.4 Å². The minimum Gasteiger partial charge on any atom is -0.493 e. The van der Waals surface area contributed by atoms with E-state index in [4.69, 9.17) is 9.47 Å². The molecular weight excluding hydrogens is 322 g/mol. The number of rotatable bonds is 6. The lowest BCUT2D eigenvalue weighted by atomic mass is 10.3. The number of nitrogens with one attached hydrogen (secondary N) is 1. The number of hydrogen-bond acceptors (Lipinski definition) is 5. The van der Waals surface area contributed by atoms with Gasteiger partial charge < -0.3 is 9.47 Å². The van der Waals surface area contributed by atoms with Crippen LogP contribution in [0.15, 0.2) is 40.6 Å². The van der Waals surface area contributed by atoms with Gasteiger partial charge in [0, 0.05) is 22.9 Å². The fourth-order valence-corrected chi connectivity index (χ4v) is 4.60. The maximum Gasteiger partial charge on any atom is 0.240 e. The van der Waals surface area contributed by atoms with E-state index in [0.29, 0.717) is 11.5 Å². The Morgan fingerprint density at radius 2 is 1.95 bits per heavy atom. The maximum absolute atomic E-state index is 12.5. The molecule has 1 aliphatic rings. The molecule has 1 aromatic heterocycles. The van der Waals surface area contributed by atoms with Gasteiger partial charge in [-0.2, -0.15) is 0 Å². The molecule has 0 saturated heterocycles. The number of hydrogen-bond donors (Lipinski definition) is 1. The van der Waals surface area contributed by atoms with E-state index in [1.807, 2.05) is 17.5 Å². The van der Waals surface area contributed by atoms with Crippen LogP contribution in [-0.4, -0.2) is 28.7 Å². The van der Waals surface area contributed by atoms with Crippen molar-refractivity contribution in [3.05, 3.63) is 40.6 Å². The van der Waals surface area contributed by atoms with Gasteiger partial charge in [-0.25, -0.2) is 13.1 Å². The normalized spacial score (nSPS) is 20.6. The zero-order valence-electron chi connectivity index (χ0n) is 12.3. The monoisotopic (exact) mass is 339 g/mol. The minimum atomic E-state index is -3.56. The topological polar surface area (TPSA) is 64.6 Å². The highest BCUT2D eigenvalue weighted by atomic mass is 32.2. The first-order valence-electron chi connectivity index (χ1n) is 6.83. The average Bonchev–Trinajstić information content (AvgIpc) is 3.05. The predicted molar refractivity (Wildman–Crippen MR) is 85.3 cm³/mol. The first kappa shape index (κ1) is 15.3. The van der Waals surface area contributed by atoms with Crippen LogP contribution < -0.4 is 14.2 Å². The van der Waals surface area contributed by atoms with Crippen molar-refractivity contribution in [3.63, 3.8) is 0 Å². The number of sulfonamides is 1. The molecule has 2 atom stereocenters. The Morgan fingerprint density at radius 3 is 2.59 bits per heavy atom. The molecule has 2 aromatic rings. The molecule has 0 amide bonds. The smallest absolute Gasteiger partial charge is 0.240 e. The Bertz CT molecular complexity index is 756. The predicted octanol–water partition coefficient (Wildman–Crippen LogP) is 2.60. The van der Waals surface area contributed by atoms with E-state index in [9.17, 15) is 8.42 Å². The Hall–Kier alpha value is -1.57. The van der Waals surface area contributed by atoms with Crippen molar-refractivity contribution < 1.29 is 17.9 Å². The highest BCUT2D eigenvalue weighted by molar-refractivity contribution is 7.89. The molecule has 1 heterocycles. The standard InChI is InChI=1S/C15H17NO4S2/c1-19-13-6-5-10(8-14(13)20-2)22(17,18)16-12-9-11(12)15-4-3-7-21-15/h3-8,11-12,16H,9H2,1-2H3. The van der Waals surface area contributed by atoms with Gasteiger partial charge in [-0.05, 0) is 30.0 Å². The largest absolute Gasteiger partial charge is 0.493 e. The quantitative estimate of drug-likeness (QED) is 0.879. The molecular formula is C15H17NO4S2. The molecule has 1 fully saturated rings. The van der Waals surface area contributed by atoms with Crippen LogP contribution >= 0.6 is 11.3 Å². The SMILES string of the molecule is COc1ccc(S(=O)(=O)NC2CC2c2cccs2)cc1OC. The third-order valence-corrected chi connectivity index (χ3v) is 6.16. The van der Waals surface area contributed by atoms with Gasteiger partial charge in [-0.1, -0.05) is 6.07 Å². The van der Waals surface area contributed by atoms with E-state index in [2.05, 4.69) is 4.72 Å². The molecule has 2 unspecified atom stereocenters. The molecule has 3 rings (SSSR count). The van der Waals surface area contributed by atoms with E-state index >= 15 is 0 Å². The molecule has 0 aliphatic heterocycles. The van der Waals surface area contributed by atoms with Crippen LogP contribution in [0.5, 0.6) is 11.5 Å². The first-order valence-corrected chi connectivity index (χ1v) is 9.19. The van der Waals surface area contributed by atoms with Crippen molar-refractivity contribution in [1.82, 2.24) is 4.72 Å². The molecule has 0 spiro atoms. The highest BCUT2D eigenvalue weighted by Gasteiger charge is 2.42. The summed E-state index contributed by atoms with van der Waals surface area (Å²) in [5, 5.41) is 2.01. The Balaban J connectivity index is 1.76. The van der Waals surface area contributed by atoms with Crippen LogP contribution in [0.2, 0.25) is 0 Å². The second kappa shape index (κ2) is 5.91. The molecule has 1 saturated carbocycles. The van der Waals surface area contributed by atoms with Crippen LogP contribution in [0.3, 0.4) is 0 Å². The summed E-state index contributed by atoms with van der Waals surface area (Å²) in [7, 11) is -0.564. The Labute approximate surface area is 133 Å². The lowest BCUT2D eigenvalue weighted by molar-refractivity contribution is 0.354. The summed E-state index contributed by atoms with van der Waals surface area (Å²) >= 11 is 1.66. The van der Waals surface area contributed by atoms with E-state index in [1.54, 1.807) is 17.4 Å². The second-order valence-electron chi connectivity index (χ2n) is 5.10. The van der Waals surface area contributed by atoms with Gasteiger partial charge in [-0.3, -0.25) is 0 Å². The summed E-state index contributed by atoms with van der Waals surface area (Å²) in [5.74, 6) is 1.19. The van der Waals surface area contributed by atoms with Crippen LogP contribution in [0, 0.1) is 0 Å². The molecule has 22 heavy (non-hydrogen) atoms. The molecule has 7 heteroatoms. The molecule has 1 aromatic carbocycles. The van der Waals surface area contributed by atoms with Crippen molar-refractivity contribution in [1.29, 1.82) is 0 Å². The van der Waals surface area contributed by atoms with Crippen LogP contribution in [0.4, 0.5) is 0 Å². The third-order valence-electron chi connectivity index (χ3n) is 3.67. The number of thiophene rings is 1. The van der Waals surface area contributed by atoms with Crippen LogP contribution in [0.25, 0.3) is 0 Å². The van der Waals surface area contributed by atoms with Gasteiger partial charge in [0.2, 0.25) is 10.0 Å². The summed E-state index contributed by atoms with van der Waals surface area (Å²) in [6.45, 7) is 0. The van der Waals surface area contributed by atoms with Crippen molar-refractivity contribution in [2.75, 3.05) is 14.2 Å². The molecule has 0 radical (unpaired) electrons. The fraction of sp³-hybridized carbons (Fsp3) is 0.333. The van der Waals surface area contributed by atoms with E-state index in [1.165, 1.54) is 31.2 Å². The second-order valence-corrected chi connectivity index (χ2v) is 7.80. The van der Waals surface area contributed by atoms with Gasteiger partial charge in [0.1, 0.15) is 0 Å². The van der Waals surface area contributed by atoms with Crippen LogP contribution in [0.1, 0.15) is 17.2 Å². The Kier molecular flexibility index (Phi) is 4.12. The summed E-state index contributed by atoms with van der Waals surface area (Å²) in [6.07, 6.45) is 0.840. The molecule has 118 valence electrons. The van der Waals surface area contributed by atoms with Gasteiger partial charge in [0.25, 0.3) is 0 Å². The molecule has 1 aliphatic carbocycles. The first-order chi connectivity index (χ1) is 10.5. The average molecular weight is 339 g/mol. The van der Waals surface area contributed by atoms with Gasteiger partial charge in [0.05, 0.1) is 19.1 Å². The Morgan fingerprint density at radius 1 is 1.18 bits per heavy atom. The lowest BCUT2D eigenvalue weighted by Gasteiger charge is -2.11. The van der Waals surface area contributed by atoms with Crippen molar-refractivity contribution in [3.8, 4) is 11.5 Å². The summed E-state index contributed by atoms with van der Waals surface area (Å²) in [6, 6.07) is 8.59. The molecule has 5 nitrogen and oxygen atoms in total. The molecule has 1 N–H and O–H groups in total. The number of methoxy groups -OCH3 is 2. The van der Waals surface area contributed by atoms with Crippen LogP contribution in [-0.2, 0) is 10.0 Å². The van der Waals surface area contributed by atoms with E-state index in [-0.39, 0.29) is 16.9 Å².